The van der Waals surface area contributed by atoms with Gasteiger partial charge in [0.05, 0.1) is 12.1 Å². The van der Waals surface area contributed by atoms with E-state index in [0.717, 1.165) is 5.56 Å². The van der Waals surface area contributed by atoms with Crippen LogP contribution in [0.1, 0.15) is 43.2 Å². The van der Waals surface area contributed by atoms with Gasteiger partial charge >= 0.3 is 6.09 Å². The van der Waals surface area contributed by atoms with Gasteiger partial charge in [0.15, 0.2) is 0 Å². The second-order valence-electron chi connectivity index (χ2n) is 6.75. The quantitative estimate of drug-likeness (QED) is 0.751. The lowest BCUT2D eigenvalue weighted by Gasteiger charge is -2.27. The molecule has 0 bridgehead atoms. The van der Waals surface area contributed by atoms with Gasteiger partial charge in [0, 0.05) is 30.9 Å². The molecule has 2 heterocycles. The van der Waals surface area contributed by atoms with Crippen molar-refractivity contribution in [2.24, 2.45) is 0 Å². The fraction of sp³-hybridized carbons (Fsp3) is 0.444. The monoisotopic (exact) mass is 376 g/mol. The zero-order chi connectivity index (χ0) is 19.0. The zero-order valence-electron chi connectivity index (χ0n) is 15.3. The standard InChI is InChI=1S/C18H24N4O3S/c1-18(2,3)25-17(24)22(11-14-6-4-7-19-10-14)9-5-8-20-16(23)15-12-26-13-21-15/h4,6-7,10,12-13H,5,8-9,11H2,1-3H3,(H,20,23). The van der Waals surface area contributed by atoms with E-state index < -0.39 is 5.60 Å². The van der Waals surface area contributed by atoms with Crippen molar-refractivity contribution in [3.05, 3.63) is 46.7 Å². The van der Waals surface area contributed by atoms with Crippen LogP contribution in [0.25, 0.3) is 0 Å². The Balaban J connectivity index is 1.88. The SMILES string of the molecule is CC(C)(C)OC(=O)N(CCCNC(=O)c1cscn1)Cc1cccnc1. The number of amides is 2. The first-order valence-corrected chi connectivity index (χ1v) is 9.32. The summed E-state index contributed by atoms with van der Waals surface area (Å²) >= 11 is 1.38. The molecule has 0 radical (unpaired) electrons. The average Bonchev–Trinajstić information content (AvgIpc) is 3.11. The van der Waals surface area contributed by atoms with Crippen LogP contribution in [0.4, 0.5) is 4.79 Å². The Morgan fingerprint density at radius 2 is 2.15 bits per heavy atom. The maximum Gasteiger partial charge on any atom is 0.410 e. The minimum Gasteiger partial charge on any atom is -0.444 e. The fourth-order valence-corrected chi connectivity index (χ4v) is 2.69. The molecule has 140 valence electrons. The summed E-state index contributed by atoms with van der Waals surface area (Å²) in [6, 6.07) is 3.74. The van der Waals surface area contributed by atoms with E-state index in [0.29, 0.717) is 31.7 Å². The van der Waals surface area contributed by atoms with Crippen molar-refractivity contribution in [1.82, 2.24) is 20.2 Å². The second-order valence-corrected chi connectivity index (χ2v) is 7.46. The first-order chi connectivity index (χ1) is 12.3. The number of nitrogens with one attached hydrogen (secondary N) is 1. The van der Waals surface area contributed by atoms with Gasteiger partial charge in [-0.2, -0.15) is 0 Å². The number of carbonyl (C=O) groups excluding carboxylic acids is 2. The first kappa shape index (κ1) is 19.8. The van der Waals surface area contributed by atoms with E-state index in [-0.39, 0.29) is 12.0 Å². The van der Waals surface area contributed by atoms with Gasteiger partial charge in [-0.1, -0.05) is 6.07 Å². The fourth-order valence-electron chi connectivity index (χ4n) is 2.16. The molecule has 0 aliphatic rings. The number of nitrogens with zero attached hydrogens (tertiary/aromatic N) is 3. The van der Waals surface area contributed by atoms with Gasteiger partial charge in [-0.05, 0) is 38.8 Å². The Labute approximate surface area is 157 Å². The van der Waals surface area contributed by atoms with Crippen LogP contribution in [0.5, 0.6) is 0 Å². The average molecular weight is 376 g/mol. The molecular weight excluding hydrogens is 352 g/mol. The molecule has 0 spiro atoms. The van der Waals surface area contributed by atoms with Crippen molar-refractivity contribution >= 4 is 23.3 Å². The number of ether oxygens (including phenoxy) is 1. The Hall–Kier alpha value is -2.48. The highest BCUT2D eigenvalue weighted by molar-refractivity contribution is 7.07. The molecule has 2 aromatic rings. The molecule has 2 rings (SSSR count). The molecule has 0 aromatic carbocycles. The number of rotatable bonds is 7. The number of pyridine rings is 1. The second kappa shape index (κ2) is 9.28. The predicted molar refractivity (Wildman–Crippen MR) is 99.9 cm³/mol. The number of thiazole rings is 1. The number of aromatic nitrogens is 2. The third kappa shape index (κ3) is 6.79. The normalized spacial score (nSPS) is 11.0. The van der Waals surface area contributed by atoms with Crippen molar-refractivity contribution in [3.63, 3.8) is 0 Å². The molecule has 1 N–H and O–H groups in total. The molecule has 7 nitrogen and oxygen atoms in total. The van der Waals surface area contributed by atoms with Gasteiger partial charge < -0.3 is 15.0 Å². The van der Waals surface area contributed by atoms with E-state index in [4.69, 9.17) is 4.74 Å². The zero-order valence-corrected chi connectivity index (χ0v) is 16.1. The molecule has 0 atom stereocenters. The summed E-state index contributed by atoms with van der Waals surface area (Å²) in [5.41, 5.74) is 2.38. The molecule has 0 fully saturated rings. The third-order valence-electron chi connectivity index (χ3n) is 3.30. The Morgan fingerprint density at radius 1 is 1.35 bits per heavy atom. The van der Waals surface area contributed by atoms with Gasteiger partial charge in [-0.3, -0.25) is 9.78 Å². The molecule has 2 aromatic heterocycles. The summed E-state index contributed by atoms with van der Waals surface area (Å²) in [4.78, 5) is 34.0. The summed E-state index contributed by atoms with van der Waals surface area (Å²) in [6.07, 6.45) is 3.64. The summed E-state index contributed by atoms with van der Waals surface area (Å²) in [7, 11) is 0. The lowest BCUT2D eigenvalue weighted by Crippen LogP contribution is -2.38. The molecule has 0 saturated carbocycles. The van der Waals surface area contributed by atoms with E-state index in [9.17, 15) is 9.59 Å². The number of hydrogen-bond acceptors (Lipinski definition) is 6. The van der Waals surface area contributed by atoms with E-state index in [1.54, 1.807) is 28.2 Å². The molecular formula is C18H24N4O3S. The van der Waals surface area contributed by atoms with Crippen LogP contribution in [-0.4, -0.2) is 45.6 Å². The van der Waals surface area contributed by atoms with Gasteiger partial charge in [-0.15, -0.1) is 11.3 Å². The van der Waals surface area contributed by atoms with E-state index >= 15 is 0 Å². The molecule has 26 heavy (non-hydrogen) atoms. The largest absolute Gasteiger partial charge is 0.444 e. The maximum atomic E-state index is 12.5. The highest BCUT2D eigenvalue weighted by Crippen LogP contribution is 2.13. The highest BCUT2D eigenvalue weighted by Gasteiger charge is 2.22. The van der Waals surface area contributed by atoms with Crippen LogP contribution in [0.2, 0.25) is 0 Å². The summed E-state index contributed by atoms with van der Waals surface area (Å²) < 4.78 is 5.48. The number of hydrogen-bond donors (Lipinski definition) is 1. The van der Waals surface area contributed by atoms with E-state index in [1.165, 1.54) is 11.3 Å². The smallest absolute Gasteiger partial charge is 0.410 e. The Kier molecular flexibility index (Phi) is 7.08. The molecule has 0 unspecified atom stereocenters. The van der Waals surface area contributed by atoms with Gasteiger partial charge in [-0.25, -0.2) is 9.78 Å². The number of carbonyl (C=O) groups is 2. The summed E-state index contributed by atoms with van der Waals surface area (Å²) in [5.74, 6) is -0.206. The summed E-state index contributed by atoms with van der Waals surface area (Å²) in [6.45, 7) is 6.82. The molecule has 2 amide bonds. The van der Waals surface area contributed by atoms with E-state index in [2.05, 4.69) is 15.3 Å². The summed E-state index contributed by atoms with van der Waals surface area (Å²) in [5, 5.41) is 4.50. The van der Waals surface area contributed by atoms with Crippen molar-refractivity contribution in [3.8, 4) is 0 Å². The minimum atomic E-state index is -0.566. The van der Waals surface area contributed by atoms with Crippen molar-refractivity contribution in [1.29, 1.82) is 0 Å². The Bertz CT molecular complexity index is 699. The van der Waals surface area contributed by atoms with Crippen LogP contribution in [0.15, 0.2) is 35.4 Å². The van der Waals surface area contributed by atoms with Crippen molar-refractivity contribution < 1.29 is 14.3 Å². The highest BCUT2D eigenvalue weighted by atomic mass is 32.1. The van der Waals surface area contributed by atoms with Crippen molar-refractivity contribution in [2.45, 2.75) is 39.3 Å². The molecule has 8 heteroatoms. The minimum absolute atomic E-state index is 0.206. The van der Waals surface area contributed by atoms with Crippen molar-refractivity contribution in [2.75, 3.05) is 13.1 Å². The topological polar surface area (TPSA) is 84.4 Å². The molecule has 0 aliphatic heterocycles. The lowest BCUT2D eigenvalue weighted by atomic mass is 10.2. The van der Waals surface area contributed by atoms with Gasteiger partial charge in [0.25, 0.3) is 5.91 Å². The van der Waals surface area contributed by atoms with Gasteiger partial charge in [0.1, 0.15) is 11.3 Å². The van der Waals surface area contributed by atoms with Crippen LogP contribution in [0.3, 0.4) is 0 Å². The predicted octanol–water partition coefficient (Wildman–Crippen LogP) is 3.10. The lowest BCUT2D eigenvalue weighted by molar-refractivity contribution is 0.0232. The first-order valence-electron chi connectivity index (χ1n) is 8.38. The molecule has 0 aliphatic carbocycles. The molecule has 0 saturated heterocycles. The maximum absolute atomic E-state index is 12.5. The van der Waals surface area contributed by atoms with Crippen LogP contribution in [-0.2, 0) is 11.3 Å². The third-order valence-corrected chi connectivity index (χ3v) is 3.89. The van der Waals surface area contributed by atoms with Gasteiger partial charge in [0.2, 0.25) is 0 Å². The van der Waals surface area contributed by atoms with Crippen LogP contribution in [0, 0.1) is 0 Å². The Morgan fingerprint density at radius 3 is 2.77 bits per heavy atom. The van der Waals surface area contributed by atoms with E-state index in [1.807, 2.05) is 32.9 Å². The van der Waals surface area contributed by atoms with Crippen LogP contribution >= 0.6 is 11.3 Å². The van der Waals surface area contributed by atoms with Crippen LogP contribution < -0.4 is 5.32 Å².